The van der Waals surface area contributed by atoms with Crippen LogP contribution in [0.2, 0.25) is 0 Å². The zero-order valence-electron chi connectivity index (χ0n) is 13.6. The molecule has 1 fully saturated rings. The van der Waals surface area contributed by atoms with E-state index in [9.17, 15) is 4.79 Å². The highest BCUT2D eigenvalue weighted by atomic mass is 16.6. The number of esters is 1. The summed E-state index contributed by atoms with van der Waals surface area (Å²) in [6, 6.07) is 10.5. The Bertz CT molecular complexity index is 492. The van der Waals surface area contributed by atoms with E-state index < -0.39 is 5.60 Å². The standard InChI is InChI=1S/C18H27NO2/c1-13(20)21-18(12-19)10-15(14-8-6-5-7-9-14)16(11-18)17(2,3)4/h5-9,15-16H,10-12,19H2,1-4H3. The highest BCUT2D eigenvalue weighted by Gasteiger charge is 2.50. The van der Waals surface area contributed by atoms with Crippen molar-refractivity contribution in [2.45, 2.75) is 52.1 Å². The molecule has 1 saturated carbocycles. The maximum absolute atomic E-state index is 11.5. The van der Waals surface area contributed by atoms with Crippen molar-refractivity contribution in [3.63, 3.8) is 0 Å². The van der Waals surface area contributed by atoms with Gasteiger partial charge in [-0.25, -0.2) is 0 Å². The van der Waals surface area contributed by atoms with Gasteiger partial charge in [0.05, 0.1) is 0 Å². The van der Waals surface area contributed by atoms with E-state index in [4.69, 9.17) is 10.5 Å². The second kappa shape index (κ2) is 5.80. The van der Waals surface area contributed by atoms with E-state index in [1.54, 1.807) is 0 Å². The molecule has 0 aliphatic heterocycles. The molecule has 3 nitrogen and oxygen atoms in total. The summed E-state index contributed by atoms with van der Waals surface area (Å²) < 4.78 is 5.66. The van der Waals surface area contributed by atoms with Crippen molar-refractivity contribution in [2.24, 2.45) is 17.1 Å². The summed E-state index contributed by atoms with van der Waals surface area (Å²) in [5.41, 5.74) is 6.95. The fourth-order valence-electron chi connectivity index (χ4n) is 3.73. The molecule has 1 aliphatic rings. The van der Waals surface area contributed by atoms with Gasteiger partial charge in [0.15, 0.2) is 0 Å². The first kappa shape index (κ1) is 16.0. The number of carbonyl (C=O) groups excluding carboxylic acids is 1. The molecule has 1 aromatic carbocycles. The molecule has 116 valence electrons. The second-order valence-corrected chi connectivity index (χ2v) is 7.38. The van der Waals surface area contributed by atoms with Crippen LogP contribution in [-0.4, -0.2) is 18.1 Å². The number of carbonyl (C=O) groups is 1. The summed E-state index contributed by atoms with van der Waals surface area (Å²) in [4.78, 5) is 11.5. The fourth-order valence-corrected chi connectivity index (χ4v) is 3.73. The minimum absolute atomic E-state index is 0.150. The van der Waals surface area contributed by atoms with Gasteiger partial charge in [-0.3, -0.25) is 4.79 Å². The lowest BCUT2D eigenvalue weighted by atomic mass is 9.72. The molecule has 0 bridgehead atoms. The first-order valence-electron chi connectivity index (χ1n) is 7.72. The fraction of sp³-hybridized carbons (Fsp3) is 0.611. The van der Waals surface area contributed by atoms with Gasteiger partial charge in [0.2, 0.25) is 0 Å². The van der Waals surface area contributed by atoms with Crippen LogP contribution in [0.5, 0.6) is 0 Å². The number of hydrogen-bond donors (Lipinski definition) is 1. The quantitative estimate of drug-likeness (QED) is 0.867. The van der Waals surface area contributed by atoms with Crippen molar-refractivity contribution >= 4 is 5.97 Å². The van der Waals surface area contributed by atoms with E-state index in [1.165, 1.54) is 12.5 Å². The Hall–Kier alpha value is -1.35. The number of benzene rings is 1. The Morgan fingerprint density at radius 2 is 1.90 bits per heavy atom. The van der Waals surface area contributed by atoms with Crippen LogP contribution in [-0.2, 0) is 9.53 Å². The largest absolute Gasteiger partial charge is 0.458 e. The van der Waals surface area contributed by atoms with Crippen LogP contribution in [0.15, 0.2) is 30.3 Å². The minimum atomic E-state index is -0.510. The molecule has 2 N–H and O–H groups in total. The van der Waals surface area contributed by atoms with Crippen molar-refractivity contribution in [3.05, 3.63) is 35.9 Å². The van der Waals surface area contributed by atoms with Crippen molar-refractivity contribution in [1.29, 1.82) is 0 Å². The molecule has 0 aromatic heterocycles. The Morgan fingerprint density at radius 1 is 1.29 bits per heavy atom. The normalized spacial score (nSPS) is 29.4. The van der Waals surface area contributed by atoms with Gasteiger partial charge in [-0.1, -0.05) is 51.1 Å². The van der Waals surface area contributed by atoms with Crippen LogP contribution in [0.4, 0.5) is 0 Å². The summed E-state index contributed by atoms with van der Waals surface area (Å²) in [5, 5.41) is 0. The maximum atomic E-state index is 11.5. The average Bonchev–Trinajstić information content (AvgIpc) is 2.79. The summed E-state index contributed by atoms with van der Waals surface area (Å²) in [6.07, 6.45) is 1.65. The molecule has 1 aliphatic carbocycles. The number of ether oxygens (including phenoxy) is 1. The van der Waals surface area contributed by atoms with Gasteiger partial charge in [-0.05, 0) is 35.7 Å². The number of nitrogens with two attached hydrogens (primary N) is 1. The first-order valence-corrected chi connectivity index (χ1v) is 7.72. The summed E-state index contributed by atoms with van der Waals surface area (Å²) in [6.45, 7) is 8.64. The van der Waals surface area contributed by atoms with Crippen LogP contribution >= 0.6 is 0 Å². The van der Waals surface area contributed by atoms with Gasteiger partial charge >= 0.3 is 5.97 Å². The van der Waals surface area contributed by atoms with E-state index in [1.807, 2.05) is 6.07 Å². The Kier molecular flexibility index (Phi) is 4.43. The monoisotopic (exact) mass is 289 g/mol. The third-order valence-corrected chi connectivity index (χ3v) is 4.74. The van der Waals surface area contributed by atoms with E-state index in [-0.39, 0.29) is 11.4 Å². The highest BCUT2D eigenvalue weighted by molar-refractivity contribution is 5.66. The highest BCUT2D eigenvalue weighted by Crippen LogP contribution is 2.53. The Morgan fingerprint density at radius 3 is 2.38 bits per heavy atom. The minimum Gasteiger partial charge on any atom is -0.458 e. The summed E-state index contributed by atoms with van der Waals surface area (Å²) >= 11 is 0. The SMILES string of the molecule is CC(=O)OC1(CN)CC(c2ccccc2)C(C(C)(C)C)C1. The van der Waals surface area contributed by atoms with Crippen molar-refractivity contribution in [1.82, 2.24) is 0 Å². The second-order valence-electron chi connectivity index (χ2n) is 7.38. The molecule has 0 spiro atoms. The van der Waals surface area contributed by atoms with Crippen LogP contribution in [0, 0.1) is 11.3 Å². The lowest BCUT2D eigenvalue weighted by Gasteiger charge is -2.33. The predicted molar refractivity (Wildman–Crippen MR) is 84.9 cm³/mol. The molecular formula is C18H27NO2. The number of hydrogen-bond acceptors (Lipinski definition) is 3. The third kappa shape index (κ3) is 3.46. The van der Waals surface area contributed by atoms with E-state index in [0.29, 0.717) is 18.4 Å². The van der Waals surface area contributed by atoms with Gasteiger partial charge < -0.3 is 10.5 Å². The smallest absolute Gasteiger partial charge is 0.303 e. The van der Waals surface area contributed by atoms with Gasteiger partial charge in [0.25, 0.3) is 0 Å². The van der Waals surface area contributed by atoms with Crippen molar-refractivity contribution < 1.29 is 9.53 Å². The molecule has 0 amide bonds. The maximum Gasteiger partial charge on any atom is 0.303 e. The summed E-state index contributed by atoms with van der Waals surface area (Å²) in [7, 11) is 0. The molecule has 0 saturated heterocycles. The lowest BCUT2D eigenvalue weighted by Crippen LogP contribution is -2.40. The summed E-state index contributed by atoms with van der Waals surface area (Å²) in [5.74, 6) is 0.596. The number of rotatable bonds is 3. The lowest BCUT2D eigenvalue weighted by molar-refractivity contribution is -0.156. The topological polar surface area (TPSA) is 52.3 Å². The molecule has 2 rings (SSSR count). The molecule has 21 heavy (non-hydrogen) atoms. The van der Waals surface area contributed by atoms with E-state index in [2.05, 4.69) is 45.0 Å². The Balaban J connectivity index is 2.36. The van der Waals surface area contributed by atoms with Crippen LogP contribution in [0.25, 0.3) is 0 Å². The van der Waals surface area contributed by atoms with Gasteiger partial charge in [-0.2, -0.15) is 0 Å². The zero-order valence-corrected chi connectivity index (χ0v) is 13.6. The zero-order chi connectivity index (χ0) is 15.7. The molecule has 1 aromatic rings. The molecule has 3 unspecified atom stereocenters. The van der Waals surface area contributed by atoms with Gasteiger partial charge in [-0.15, -0.1) is 0 Å². The molecule has 0 radical (unpaired) electrons. The van der Waals surface area contributed by atoms with E-state index >= 15 is 0 Å². The van der Waals surface area contributed by atoms with Gasteiger partial charge in [0.1, 0.15) is 5.60 Å². The molecule has 3 heteroatoms. The average molecular weight is 289 g/mol. The van der Waals surface area contributed by atoms with Crippen LogP contribution in [0.3, 0.4) is 0 Å². The van der Waals surface area contributed by atoms with Crippen LogP contribution in [0.1, 0.15) is 52.0 Å². The Labute approximate surface area is 127 Å². The van der Waals surface area contributed by atoms with E-state index in [0.717, 1.165) is 12.8 Å². The van der Waals surface area contributed by atoms with Gasteiger partial charge in [0, 0.05) is 13.5 Å². The van der Waals surface area contributed by atoms with Crippen LogP contribution < -0.4 is 5.73 Å². The van der Waals surface area contributed by atoms with Crippen molar-refractivity contribution in [2.75, 3.05) is 6.54 Å². The first-order chi connectivity index (χ1) is 9.77. The molecule has 0 heterocycles. The van der Waals surface area contributed by atoms with Crippen molar-refractivity contribution in [3.8, 4) is 0 Å². The predicted octanol–water partition coefficient (Wildman–Crippen LogP) is 3.49. The molecular weight excluding hydrogens is 262 g/mol. The third-order valence-electron chi connectivity index (χ3n) is 4.74. The molecule has 3 atom stereocenters.